The van der Waals surface area contributed by atoms with Crippen LogP contribution in [0.4, 0.5) is 0 Å². The number of benzene rings is 1. The highest BCUT2D eigenvalue weighted by molar-refractivity contribution is 5.92. The second-order valence-electron chi connectivity index (χ2n) is 5.04. The molecule has 1 atom stereocenters. The summed E-state index contributed by atoms with van der Waals surface area (Å²) < 4.78 is 5.12. The van der Waals surface area contributed by atoms with E-state index in [-0.39, 0.29) is 11.9 Å². The second kappa shape index (κ2) is 7.10. The number of hydrogen-bond acceptors (Lipinski definition) is 4. The van der Waals surface area contributed by atoms with Crippen LogP contribution in [-0.4, -0.2) is 37.5 Å². The maximum Gasteiger partial charge on any atom is 0.211 e. The molecule has 2 rings (SSSR count). The predicted molar refractivity (Wildman–Crippen MR) is 81.8 cm³/mol. The Bertz CT molecular complexity index is 470. The van der Waals surface area contributed by atoms with Crippen LogP contribution in [0.25, 0.3) is 0 Å². The summed E-state index contributed by atoms with van der Waals surface area (Å²) in [7, 11) is 3.42. The van der Waals surface area contributed by atoms with E-state index >= 15 is 0 Å². The van der Waals surface area contributed by atoms with Crippen molar-refractivity contribution in [1.29, 1.82) is 5.41 Å². The zero-order chi connectivity index (χ0) is 14.4. The number of hydrogen-bond donors (Lipinski definition) is 2. The van der Waals surface area contributed by atoms with Crippen molar-refractivity contribution in [2.24, 2.45) is 0 Å². The summed E-state index contributed by atoms with van der Waals surface area (Å²) in [5.74, 6) is 0.254. The van der Waals surface area contributed by atoms with Crippen LogP contribution in [-0.2, 0) is 11.3 Å². The lowest BCUT2D eigenvalue weighted by molar-refractivity contribution is 0.270. The van der Waals surface area contributed by atoms with Gasteiger partial charge in [0, 0.05) is 31.4 Å². The fourth-order valence-corrected chi connectivity index (χ4v) is 2.77. The Morgan fingerprint density at radius 3 is 2.85 bits per heavy atom. The minimum Gasteiger partial charge on any atom is -0.481 e. The Morgan fingerprint density at radius 1 is 1.45 bits per heavy atom. The van der Waals surface area contributed by atoms with Gasteiger partial charge in [0.2, 0.25) is 5.90 Å². The molecule has 0 aromatic heterocycles. The van der Waals surface area contributed by atoms with Crippen LogP contribution in [0.5, 0.6) is 0 Å². The SMILES string of the molecule is CN/C=C(\C(=N)OC)C1CCCN1Cc1ccccc1. The molecule has 1 heterocycles. The molecule has 20 heavy (non-hydrogen) atoms. The van der Waals surface area contributed by atoms with Crippen molar-refractivity contribution < 1.29 is 4.74 Å². The van der Waals surface area contributed by atoms with E-state index in [9.17, 15) is 0 Å². The lowest BCUT2D eigenvalue weighted by Crippen LogP contribution is -2.34. The third kappa shape index (κ3) is 3.39. The minimum atomic E-state index is 0.254. The molecule has 0 saturated carbocycles. The summed E-state index contributed by atoms with van der Waals surface area (Å²) in [4.78, 5) is 2.42. The van der Waals surface area contributed by atoms with E-state index in [2.05, 4.69) is 34.5 Å². The number of likely N-dealkylation sites (tertiary alicyclic amines) is 1. The van der Waals surface area contributed by atoms with Crippen molar-refractivity contribution in [1.82, 2.24) is 10.2 Å². The third-order valence-corrected chi connectivity index (χ3v) is 3.72. The first-order valence-corrected chi connectivity index (χ1v) is 7.04. The molecule has 4 heteroatoms. The highest BCUT2D eigenvalue weighted by atomic mass is 16.5. The summed E-state index contributed by atoms with van der Waals surface area (Å²) in [5.41, 5.74) is 2.25. The standard InChI is InChI=1S/C16H23N3O/c1-18-11-14(16(17)20-2)15-9-6-10-19(15)12-13-7-4-3-5-8-13/h3-5,7-8,11,15,17-18H,6,9-10,12H2,1-2H3/b14-11-,17-16?. The normalized spacial score (nSPS) is 19.9. The Morgan fingerprint density at radius 2 is 2.20 bits per heavy atom. The Labute approximate surface area is 120 Å². The predicted octanol–water partition coefficient (Wildman–Crippen LogP) is 2.38. The summed E-state index contributed by atoms with van der Waals surface area (Å²) in [6, 6.07) is 10.7. The summed E-state index contributed by atoms with van der Waals surface area (Å²) in [5, 5.41) is 11.0. The zero-order valence-electron chi connectivity index (χ0n) is 12.2. The molecular weight excluding hydrogens is 250 g/mol. The Balaban J connectivity index is 2.13. The van der Waals surface area contributed by atoms with Crippen molar-refractivity contribution in [2.45, 2.75) is 25.4 Å². The van der Waals surface area contributed by atoms with Crippen LogP contribution in [0.15, 0.2) is 42.1 Å². The van der Waals surface area contributed by atoms with E-state index in [1.807, 2.05) is 19.3 Å². The Hall–Kier alpha value is -1.81. The Kier molecular flexibility index (Phi) is 5.18. The number of rotatable bonds is 5. The fraction of sp³-hybridized carbons (Fsp3) is 0.438. The van der Waals surface area contributed by atoms with E-state index in [1.165, 1.54) is 5.56 Å². The van der Waals surface area contributed by atoms with Crippen molar-refractivity contribution in [3.05, 3.63) is 47.7 Å². The van der Waals surface area contributed by atoms with Crippen LogP contribution < -0.4 is 5.32 Å². The molecule has 1 aromatic rings. The van der Waals surface area contributed by atoms with Crippen molar-refractivity contribution in [3.63, 3.8) is 0 Å². The maximum absolute atomic E-state index is 7.98. The van der Waals surface area contributed by atoms with Gasteiger partial charge in [-0.05, 0) is 24.9 Å². The molecule has 108 valence electrons. The first-order valence-electron chi connectivity index (χ1n) is 7.04. The van der Waals surface area contributed by atoms with Gasteiger partial charge in [0.1, 0.15) is 0 Å². The monoisotopic (exact) mass is 273 g/mol. The van der Waals surface area contributed by atoms with Crippen molar-refractivity contribution >= 4 is 5.90 Å². The van der Waals surface area contributed by atoms with Gasteiger partial charge in [-0.15, -0.1) is 0 Å². The lowest BCUT2D eigenvalue weighted by atomic mass is 10.0. The van der Waals surface area contributed by atoms with E-state index < -0.39 is 0 Å². The van der Waals surface area contributed by atoms with Gasteiger partial charge in [-0.1, -0.05) is 30.3 Å². The average Bonchev–Trinajstić information content (AvgIpc) is 2.93. The van der Waals surface area contributed by atoms with Crippen molar-refractivity contribution in [2.75, 3.05) is 20.7 Å². The highest BCUT2D eigenvalue weighted by Crippen LogP contribution is 2.26. The number of nitrogens with zero attached hydrogens (tertiary/aromatic N) is 1. The molecule has 1 aliphatic heterocycles. The van der Waals surface area contributed by atoms with Gasteiger partial charge in [0.05, 0.1) is 7.11 Å². The van der Waals surface area contributed by atoms with Gasteiger partial charge in [-0.2, -0.15) is 0 Å². The quantitative estimate of drug-likeness (QED) is 0.639. The molecule has 0 bridgehead atoms. The molecule has 0 spiro atoms. The molecule has 4 nitrogen and oxygen atoms in total. The lowest BCUT2D eigenvalue weighted by Gasteiger charge is -2.26. The van der Waals surface area contributed by atoms with Gasteiger partial charge in [-0.25, -0.2) is 0 Å². The van der Waals surface area contributed by atoms with Gasteiger partial charge < -0.3 is 10.1 Å². The molecule has 0 radical (unpaired) electrons. The van der Waals surface area contributed by atoms with Crippen LogP contribution in [0.3, 0.4) is 0 Å². The first-order chi connectivity index (χ1) is 9.76. The smallest absolute Gasteiger partial charge is 0.211 e. The molecule has 1 aliphatic rings. The van der Waals surface area contributed by atoms with Gasteiger partial charge in [-0.3, -0.25) is 10.3 Å². The summed E-state index contributed by atoms with van der Waals surface area (Å²) in [6.07, 6.45) is 4.13. The minimum absolute atomic E-state index is 0.254. The molecular formula is C16H23N3O. The van der Waals surface area contributed by atoms with Gasteiger partial charge in [0.15, 0.2) is 0 Å². The fourth-order valence-electron chi connectivity index (χ4n) is 2.77. The van der Waals surface area contributed by atoms with Gasteiger partial charge >= 0.3 is 0 Å². The molecule has 0 amide bonds. The molecule has 0 aliphatic carbocycles. The van der Waals surface area contributed by atoms with E-state index in [4.69, 9.17) is 10.1 Å². The van der Waals surface area contributed by atoms with E-state index in [1.54, 1.807) is 7.11 Å². The van der Waals surface area contributed by atoms with Crippen LogP contribution in [0.1, 0.15) is 18.4 Å². The largest absolute Gasteiger partial charge is 0.481 e. The summed E-state index contributed by atoms with van der Waals surface area (Å²) in [6.45, 7) is 1.99. The third-order valence-electron chi connectivity index (χ3n) is 3.72. The molecule has 1 aromatic carbocycles. The van der Waals surface area contributed by atoms with Crippen LogP contribution in [0, 0.1) is 5.41 Å². The second-order valence-corrected chi connectivity index (χ2v) is 5.04. The average molecular weight is 273 g/mol. The van der Waals surface area contributed by atoms with Gasteiger partial charge in [0.25, 0.3) is 0 Å². The molecule has 1 saturated heterocycles. The number of methoxy groups -OCH3 is 1. The molecule has 1 fully saturated rings. The number of nitrogens with one attached hydrogen (secondary N) is 2. The van der Waals surface area contributed by atoms with E-state index in [0.29, 0.717) is 0 Å². The first kappa shape index (κ1) is 14.6. The zero-order valence-corrected chi connectivity index (χ0v) is 12.2. The van der Waals surface area contributed by atoms with E-state index in [0.717, 1.165) is 31.5 Å². The highest BCUT2D eigenvalue weighted by Gasteiger charge is 2.30. The van der Waals surface area contributed by atoms with Crippen molar-refractivity contribution in [3.8, 4) is 0 Å². The maximum atomic E-state index is 7.98. The molecule has 1 unspecified atom stereocenters. The van der Waals surface area contributed by atoms with Crippen LogP contribution >= 0.6 is 0 Å². The number of ether oxygens (including phenoxy) is 1. The molecule has 2 N–H and O–H groups in total. The summed E-state index contributed by atoms with van der Waals surface area (Å²) >= 11 is 0. The van der Waals surface area contributed by atoms with Crippen LogP contribution in [0.2, 0.25) is 0 Å². The topological polar surface area (TPSA) is 48.4 Å².